The van der Waals surface area contributed by atoms with Gasteiger partial charge < -0.3 is 10.6 Å². The van der Waals surface area contributed by atoms with Crippen LogP contribution in [0.15, 0.2) is 6.07 Å². The average Bonchev–Trinajstić information content (AvgIpc) is 2.89. The van der Waals surface area contributed by atoms with Gasteiger partial charge in [-0.15, -0.1) is 11.3 Å². The standard InChI is InChI=1S/C18H28N2OS/c1-13(19)15-8-6-10-20(12-15)18(21)17-11-14-7-4-2-3-5-9-16(14)22-17/h11,13,15H,2-10,12,19H2,1H3. The number of aryl methyl sites for hydroxylation is 2. The van der Waals surface area contributed by atoms with Crippen molar-refractivity contribution in [1.29, 1.82) is 0 Å². The van der Waals surface area contributed by atoms with Crippen LogP contribution < -0.4 is 5.73 Å². The van der Waals surface area contributed by atoms with E-state index in [1.54, 1.807) is 11.3 Å². The van der Waals surface area contributed by atoms with Crippen molar-refractivity contribution in [3.8, 4) is 0 Å². The van der Waals surface area contributed by atoms with Gasteiger partial charge >= 0.3 is 0 Å². The number of hydrogen-bond acceptors (Lipinski definition) is 3. The summed E-state index contributed by atoms with van der Waals surface area (Å²) in [5.74, 6) is 0.695. The third kappa shape index (κ3) is 3.54. The van der Waals surface area contributed by atoms with Gasteiger partial charge in [-0.2, -0.15) is 0 Å². The van der Waals surface area contributed by atoms with Gasteiger partial charge in [-0.05, 0) is 63.0 Å². The second-order valence-electron chi connectivity index (χ2n) is 6.99. The van der Waals surface area contributed by atoms with Gasteiger partial charge in [0.2, 0.25) is 0 Å². The lowest BCUT2D eigenvalue weighted by Crippen LogP contribution is -2.44. The largest absolute Gasteiger partial charge is 0.338 e. The second kappa shape index (κ2) is 7.14. The third-order valence-electron chi connectivity index (χ3n) is 5.20. The summed E-state index contributed by atoms with van der Waals surface area (Å²) in [4.78, 5) is 17.3. The van der Waals surface area contributed by atoms with Gasteiger partial charge in [-0.25, -0.2) is 0 Å². The zero-order valence-electron chi connectivity index (χ0n) is 13.6. The molecule has 1 amide bonds. The zero-order chi connectivity index (χ0) is 15.5. The maximum absolute atomic E-state index is 12.9. The van der Waals surface area contributed by atoms with E-state index < -0.39 is 0 Å². The van der Waals surface area contributed by atoms with Crippen LogP contribution >= 0.6 is 11.3 Å². The molecule has 3 rings (SSSR count). The van der Waals surface area contributed by atoms with Gasteiger partial charge in [0.1, 0.15) is 0 Å². The van der Waals surface area contributed by atoms with Gasteiger partial charge in [0.05, 0.1) is 4.88 Å². The van der Waals surface area contributed by atoms with Gasteiger partial charge in [0.15, 0.2) is 0 Å². The van der Waals surface area contributed by atoms with Crippen LogP contribution in [0.3, 0.4) is 0 Å². The molecule has 2 aliphatic rings. The highest BCUT2D eigenvalue weighted by Gasteiger charge is 2.27. The maximum atomic E-state index is 12.9. The van der Waals surface area contributed by atoms with Crippen LogP contribution in [0.25, 0.3) is 0 Å². The van der Waals surface area contributed by atoms with Crippen molar-refractivity contribution < 1.29 is 4.79 Å². The van der Waals surface area contributed by atoms with Crippen LogP contribution in [0, 0.1) is 5.92 Å². The first kappa shape index (κ1) is 16.0. The third-order valence-corrected chi connectivity index (χ3v) is 6.42. The number of carbonyl (C=O) groups is 1. The van der Waals surface area contributed by atoms with E-state index in [4.69, 9.17) is 5.73 Å². The lowest BCUT2D eigenvalue weighted by atomic mass is 9.92. The fraction of sp³-hybridized carbons (Fsp3) is 0.722. The lowest BCUT2D eigenvalue weighted by Gasteiger charge is -2.34. The highest BCUT2D eigenvalue weighted by Crippen LogP contribution is 2.30. The minimum absolute atomic E-state index is 0.180. The molecule has 1 aromatic rings. The minimum Gasteiger partial charge on any atom is -0.338 e. The van der Waals surface area contributed by atoms with Gasteiger partial charge in [0.25, 0.3) is 5.91 Å². The normalized spacial score (nSPS) is 24.3. The Hall–Kier alpha value is -0.870. The van der Waals surface area contributed by atoms with E-state index in [1.807, 2.05) is 4.90 Å². The summed E-state index contributed by atoms with van der Waals surface area (Å²) < 4.78 is 0. The summed E-state index contributed by atoms with van der Waals surface area (Å²) in [6, 6.07) is 2.36. The van der Waals surface area contributed by atoms with Crippen LogP contribution in [-0.2, 0) is 12.8 Å². The number of nitrogens with two attached hydrogens (primary N) is 1. The quantitative estimate of drug-likeness (QED) is 0.905. The predicted molar refractivity (Wildman–Crippen MR) is 92.5 cm³/mol. The molecule has 1 fully saturated rings. The summed E-state index contributed by atoms with van der Waals surface area (Å²) in [6.07, 6.45) is 9.78. The summed E-state index contributed by atoms with van der Waals surface area (Å²) in [5, 5.41) is 0. The first-order chi connectivity index (χ1) is 10.6. The van der Waals surface area contributed by atoms with Crippen LogP contribution in [0.2, 0.25) is 0 Å². The van der Waals surface area contributed by atoms with Crippen molar-refractivity contribution in [1.82, 2.24) is 4.90 Å². The number of fused-ring (bicyclic) bond motifs is 1. The first-order valence-electron chi connectivity index (χ1n) is 8.81. The van der Waals surface area contributed by atoms with Gasteiger partial charge in [-0.1, -0.05) is 12.8 Å². The molecule has 4 heteroatoms. The van der Waals surface area contributed by atoms with E-state index >= 15 is 0 Å². The van der Waals surface area contributed by atoms with Crippen molar-refractivity contribution in [2.24, 2.45) is 11.7 Å². The molecule has 2 unspecified atom stereocenters. The Bertz CT molecular complexity index is 498. The fourth-order valence-corrected chi connectivity index (χ4v) is 4.95. The Kier molecular flexibility index (Phi) is 5.19. The van der Waals surface area contributed by atoms with Crippen molar-refractivity contribution in [3.63, 3.8) is 0 Å². The summed E-state index contributed by atoms with van der Waals surface area (Å²) in [7, 11) is 0. The number of carbonyl (C=O) groups excluding carboxylic acids is 1. The molecule has 2 N–H and O–H groups in total. The summed E-state index contributed by atoms with van der Waals surface area (Å²) >= 11 is 1.75. The van der Waals surface area contributed by atoms with Crippen molar-refractivity contribution in [2.45, 2.75) is 64.3 Å². The fourth-order valence-electron chi connectivity index (χ4n) is 3.73. The molecule has 0 spiro atoms. The summed E-state index contributed by atoms with van der Waals surface area (Å²) in [5.41, 5.74) is 7.49. The van der Waals surface area contributed by atoms with Crippen molar-refractivity contribution >= 4 is 17.2 Å². The second-order valence-corrected chi connectivity index (χ2v) is 8.12. The predicted octanol–water partition coefficient (Wildman–Crippen LogP) is 3.61. The molecule has 2 heterocycles. The number of likely N-dealkylation sites (tertiary alicyclic amines) is 1. The SMILES string of the molecule is CC(N)C1CCCN(C(=O)c2cc3c(s2)CCCCCC3)C1. The molecular weight excluding hydrogens is 292 g/mol. The first-order valence-corrected chi connectivity index (χ1v) is 9.63. The Morgan fingerprint density at radius 2 is 2.05 bits per heavy atom. The monoisotopic (exact) mass is 320 g/mol. The molecule has 2 atom stereocenters. The van der Waals surface area contributed by atoms with E-state index in [2.05, 4.69) is 13.0 Å². The van der Waals surface area contributed by atoms with Crippen molar-refractivity contribution in [2.75, 3.05) is 13.1 Å². The topological polar surface area (TPSA) is 46.3 Å². The van der Waals surface area contributed by atoms with Crippen molar-refractivity contribution in [3.05, 3.63) is 21.4 Å². The average molecular weight is 321 g/mol. The molecule has 1 aliphatic heterocycles. The number of thiophene rings is 1. The Morgan fingerprint density at radius 1 is 1.27 bits per heavy atom. The Labute approximate surface area is 137 Å². The Morgan fingerprint density at radius 3 is 2.82 bits per heavy atom. The highest BCUT2D eigenvalue weighted by atomic mass is 32.1. The van der Waals surface area contributed by atoms with Crippen LogP contribution in [-0.4, -0.2) is 29.9 Å². The maximum Gasteiger partial charge on any atom is 0.263 e. The molecule has 1 aliphatic carbocycles. The number of hydrogen-bond donors (Lipinski definition) is 1. The van der Waals surface area contributed by atoms with Gasteiger partial charge in [0, 0.05) is 24.0 Å². The van der Waals surface area contributed by atoms with Crippen LogP contribution in [0.5, 0.6) is 0 Å². The van der Waals surface area contributed by atoms with Crippen LogP contribution in [0.1, 0.15) is 65.6 Å². The zero-order valence-corrected chi connectivity index (χ0v) is 14.5. The number of rotatable bonds is 2. The lowest BCUT2D eigenvalue weighted by molar-refractivity contribution is 0.0666. The molecule has 0 saturated carbocycles. The molecule has 1 aromatic heterocycles. The minimum atomic E-state index is 0.180. The number of amides is 1. The van der Waals surface area contributed by atoms with E-state index in [9.17, 15) is 4.79 Å². The van der Waals surface area contributed by atoms with E-state index in [0.29, 0.717) is 5.92 Å². The molecule has 0 aromatic carbocycles. The molecular formula is C18H28N2OS. The highest BCUT2D eigenvalue weighted by molar-refractivity contribution is 7.14. The van der Waals surface area contributed by atoms with E-state index in [1.165, 1.54) is 36.1 Å². The number of piperidine rings is 1. The molecule has 122 valence electrons. The van der Waals surface area contributed by atoms with E-state index in [0.717, 1.165) is 43.6 Å². The van der Waals surface area contributed by atoms with E-state index in [-0.39, 0.29) is 11.9 Å². The smallest absolute Gasteiger partial charge is 0.263 e. The molecule has 0 radical (unpaired) electrons. The molecule has 1 saturated heterocycles. The molecule has 22 heavy (non-hydrogen) atoms. The number of nitrogens with zero attached hydrogens (tertiary/aromatic N) is 1. The van der Waals surface area contributed by atoms with Gasteiger partial charge in [-0.3, -0.25) is 4.79 Å². The van der Waals surface area contributed by atoms with Crippen LogP contribution in [0.4, 0.5) is 0 Å². The molecule has 3 nitrogen and oxygen atoms in total. The molecule has 0 bridgehead atoms. The summed E-state index contributed by atoms with van der Waals surface area (Å²) in [6.45, 7) is 3.79. The Balaban J connectivity index is 1.73.